The van der Waals surface area contributed by atoms with Crippen molar-refractivity contribution >= 4 is 35.6 Å². The van der Waals surface area contributed by atoms with E-state index in [1.807, 2.05) is 6.07 Å². The predicted molar refractivity (Wildman–Crippen MR) is 135 cm³/mol. The molecule has 2 aliphatic rings. The summed E-state index contributed by atoms with van der Waals surface area (Å²) in [5.74, 6) is -4.74. The van der Waals surface area contributed by atoms with Crippen LogP contribution in [0.1, 0.15) is 36.6 Å². The summed E-state index contributed by atoms with van der Waals surface area (Å²) in [5, 5.41) is 43.0. The summed E-state index contributed by atoms with van der Waals surface area (Å²) in [7, 11) is 2.96. The van der Waals surface area contributed by atoms with Crippen LogP contribution in [0.4, 0.5) is 0 Å². The van der Waals surface area contributed by atoms with Gasteiger partial charge in [0.15, 0.2) is 11.9 Å². The Labute approximate surface area is 225 Å². The summed E-state index contributed by atoms with van der Waals surface area (Å²) < 4.78 is 11.4. The van der Waals surface area contributed by atoms with E-state index in [1.165, 1.54) is 43.3 Å². The van der Waals surface area contributed by atoms with Crippen LogP contribution in [0.2, 0.25) is 0 Å². The number of hydrogen-bond acceptors (Lipinski definition) is 11. The average molecular weight is 548 g/mol. The highest BCUT2D eigenvalue weighted by Crippen LogP contribution is 2.26. The van der Waals surface area contributed by atoms with Crippen molar-refractivity contribution in [3.05, 3.63) is 70.2 Å². The molecule has 1 atom stereocenters. The Bertz CT molecular complexity index is 1590. The number of ether oxygens (including phenoxy) is 2. The molecule has 0 saturated heterocycles. The molecule has 0 bridgehead atoms. The van der Waals surface area contributed by atoms with Crippen LogP contribution in [-0.2, 0) is 4.79 Å². The van der Waals surface area contributed by atoms with Gasteiger partial charge in [-0.2, -0.15) is 10.3 Å². The van der Waals surface area contributed by atoms with Gasteiger partial charge in [-0.1, -0.05) is 0 Å². The number of aliphatic imine (C=N–C) groups is 2. The van der Waals surface area contributed by atoms with Crippen molar-refractivity contribution in [1.29, 1.82) is 5.26 Å². The van der Waals surface area contributed by atoms with E-state index in [2.05, 4.69) is 20.6 Å². The van der Waals surface area contributed by atoms with Crippen LogP contribution < -0.4 is 20.1 Å². The molecule has 5 N–H and O–H groups in total. The highest BCUT2D eigenvalue weighted by molar-refractivity contribution is 6.14. The maximum absolute atomic E-state index is 12.5. The quantitative estimate of drug-likeness (QED) is 0.313. The molecule has 0 fully saturated rings. The maximum Gasteiger partial charge on any atom is 0.339 e. The summed E-state index contributed by atoms with van der Waals surface area (Å²) >= 11 is 0. The van der Waals surface area contributed by atoms with Gasteiger partial charge in [0.05, 0.1) is 23.8 Å². The van der Waals surface area contributed by atoms with Crippen LogP contribution in [0.25, 0.3) is 0 Å². The van der Waals surface area contributed by atoms with E-state index >= 15 is 0 Å². The molecule has 2 aliphatic heterocycles. The number of aromatic carboxylic acids is 2. The Morgan fingerprint density at radius 1 is 1.05 bits per heavy atom. The number of carboxylic acid groups (broad SMARTS) is 2. The largest absolute Gasteiger partial charge is 0.478 e. The SMILES string of the molecule is CN(C)C(=O)c1cc(OC2=C3NC(=O)C(CO)N=C3NC(Oc3cc(C#N)ccc3C(=O)O)=N2)cc(C(=O)O)c1. The summed E-state index contributed by atoms with van der Waals surface area (Å²) in [6.45, 7) is -0.641. The molecular weight excluding hydrogens is 528 g/mol. The number of aliphatic hydroxyl groups excluding tert-OH is 1. The monoisotopic (exact) mass is 548 g/mol. The van der Waals surface area contributed by atoms with Crippen molar-refractivity contribution in [2.45, 2.75) is 6.04 Å². The first-order valence-electron chi connectivity index (χ1n) is 11.3. The van der Waals surface area contributed by atoms with Crippen molar-refractivity contribution in [1.82, 2.24) is 15.5 Å². The normalized spacial score (nSPS) is 15.8. The molecule has 2 heterocycles. The molecule has 0 aliphatic carbocycles. The Morgan fingerprint density at radius 3 is 2.40 bits per heavy atom. The molecule has 0 saturated carbocycles. The van der Waals surface area contributed by atoms with Gasteiger partial charge in [0.25, 0.3) is 17.7 Å². The summed E-state index contributed by atoms with van der Waals surface area (Å²) in [4.78, 5) is 57.8. The van der Waals surface area contributed by atoms with E-state index in [0.29, 0.717) is 0 Å². The van der Waals surface area contributed by atoms with E-state index in [4.69, 9.17) is 9.47 Å². The first-order chi connectivity index (χ1) is 19.0. The Kier molecular flexibility index (Phi) is 7.46. The molecular formula is C25H20N6O9. The lowest BCUT2D eigenvalue weighted by Crippen LogP contribution is -2.51. The van der Waals surface area contributed by atoms with Gasteiger partial charge in [0, 0.05) is 19.7 Å². The van der Waals surface area contributed by atoms with Gasteiger partial charge in [0.2, 0.25) is 0 Å². The third-order valence-electron chi connectivity index (χ3n) is 5.46. The summed E-state index contributed by atoms with van der Waals surface area (Å²) in [6, 6.07) is 7.44. The van der Waals surface area contributed by atoms with Crippen LogP contribution >= 0.6 is 0 Å². The number of carbonyl (C=O) groups is 4. The molecule has 2 amide bonds. The molecule has 1 unspecified atom stereocenters. The van der Waals surface area contributed by atoms with Gasteiger partial charge in [-0.3, -0.25) is 19.9 Å². The van der Waals surface area contributed by atoms with Crippen molar-refractivity contribution in [2.75, 3.05) is 20.7 Å². The van der Waals surface area contributed by atoms with Gasteiger partial charge in [-0.05, 0) is 36.4 Å². The predicted octanol–water partition coefficient (Wildman–Crippen LogP) is 0.132. The minimum absolute atomic E-state index is 0.0128. The number of nitrogens with one attached hydrogen (secondary N) is 2. The van der Waals surface area contributed by atoms with Crippen molar-refractivity contribution in [3.63, 3.8) is 0 Å². The first-order valence-corrected chi connectivity index (χ1v) is 11.3. The third-order valence-corrected chi connectivity index (χ3v) is 5.46. The number of rotatable bonds is 7. The zero-order chi connectivity index (χ0) is 29.1. The number of nitriles is 1. The molecule has 15 nitrogen and oxygen atoms in total. The molecule has 2 aromatic rings. The lowest BCUT2D eigenvalue weighted by atomic mass is 10.1. The number of aliphatic hydroxyl groups is 1. The second-order valence-corrected chi connectivity index (χ2v) is 8.47. The minimum Gasteiger partial charge on any atom is -0.478 e. The number of benzene rings is 2. The van der Waals surface area contributed by atoms with Gasteiger partial charge in [0.1, 0.15) is 22.8 Å². The third kappa shape index (κ3) is 5.56. The molecule has 0 radical (unpaired) electrons. The molecule has 15 heteroatoms. The van der Waals surface area contributed by atoms with Gasteiger partial charge >= 0.3 is 18.0 Å². The highest BCUT2D eigenvalue weighted by atomic mass is 16.5. The number of amides is 2. The van der Waals surface area contributed by atoms with Crippen LogP contribution in [0, 0.1) is 11.3 Å². The minimum atomic E-state index is -1.35. The molecule has 204 valence electrons. The molecule has 0 aromatic heterocycles. The summed E-state index contributed by atoms with van der Waals surface area (Å²) in [6.07, 6.45) is 0. The van der Waals surface area contributed by atoms with Crippen LogP contribution in [0.5, 0.6) is 11.5 Å². The summed E-state index contributed by atoms with van der Waals surface area (Å²) in [5.41, 5.74) is -0.595. The maximum atomic E-state index is 12.5. The number of carboxylic acids is 2. The Balaban J connectivity index is 1.82. The lowest BCUT2D eigenvalue weighted by Gasteiger charge is -2.27. The molecule has 40 heavy (non-hydrogen) atoms. The highest BCUT2D eigenvalue weighted by Gasteiger charge is 2.34. The second kappa shape index (κ2) is 10.9. The second-order valence-electron chi connectivity index (χ2n) is 8.47. The van der Waals surface area contributed by atoms with E-state index in [0.717, 1.165) is 12.1 Å². The standard InChI is InChI=1S/C25H20N6O9/c1-31(2)22(34)12-6-13(23(35)36)8-14(7-12)39-21-18-19(27-16(10-32)20(33)28-18)29-25(30-21)40-17-5-11(9-26)3-4-15(17)24(37)38/h3-8,16,32H,10H2,1-2H3,(H,28,33)(H,35,36)(H,37,38)(H,27,29,30). The van der Waals surface area contributed by atoms with Crippen molar-refractivity contribution in [3.8, 4) is 17.6 Å². The smallest absolute Gasteiger partial charge is 0.339 e. The Morgan fingerprint density at radius 2 is 1.77 bits per heavy atom. The first kappa shape index (κ1) is 27.3. The number of hydrogen-bond donors (Lipinski definition) is 5. The van der Waals surface area contributed by atoms with Crippen LogP contribution in [0.3, 0.4) is 0 Å². The average Bonchev–Trinajstić information content (AvgIpc) is 2.92. The van der Waals surface area contributed by atoms with Crippen LogP contribution in [0.15, 0.2) is 58.0 Å². The van der Waals surface area contributed by atoms with E-state index in [9.17, 15) is 39.8 Å². The van der Waals surface area contributed by atoms with E-state index in [1.54, 1.807) is 0 Å². The number of amidine groups is 2. The number of nitrogens with zero attached hydrogens (tertiary/aromatic N) is 4. The molecule has 4 rings (SSSR count). The zero-order valence-electron chi connectivity index (χ0n) is 20.8. The fourth-order valence-corrected chi connectivity index (χ4v) is 3.55. The fraction of sp³-hybridized carbons (Fsp3) is 0.160. The molecule has 0 spiro atoms. The van der Waals surface area contributed by atoms with Gasteiger partial charge < -0.3 is 35.0 Å². The topological polar surface area (TPSA) is 223 Å². The van der Waals surface area contributed by atoms with E-state index in [-0.39, 0.29) is 57.2 Å². The van der Waals surface area contributed by atoms with Crippen molar-refractivity contribution in [2.24, 2.45) is 9.98 Å². The fourth-order valence-electron chi connectivity index (χ4n) is 3.55. The number of carbonyl (C=O) groups excluding carboxylic acids is 2. The van der Waals surface area contributed by atoms with E-state index < -0.39 is 36.4 Å². The van der Waals surface area contributed by atoms with Gasteiger partial charge in [-0.15, -0.1) is 0 Å². The van der Waals surface area contributed by atoms with Crippen LogP contribution in [-0.4, -0.2) is 82.6 Å². The number of fused-ring (bicyclic) bond motifs is 1. The Hall–Kier alpha value is -5.75. The van der Waals surface area contributed by atoms with Gasteiger partial charge in [-0.25, -0.2) is 9.59 Å². The lowest BCUT2D eigenvalue weighted by molar-refractivity contribution is -0.122. The van der Waals surface area contributed by atoms with Crippen molar-refractivity contribution < 1.29 is 44.0 Å². The zero-order valence-corrected chi connectivity index (χ0v) is 20.8. The molecule has 2 aromatic carbocycles.